The van der Waals surface area contributed by atoms with Gasteiger partial charge in [0.25, 0.3) is 0 Å². The molecule has 0 atom stereocenters. The molecule has 4 heteroatoms. The van der Waals surface area contributed by atoms with Gasteiger partial charge in [0, 0.05) is 37.3 Å². The van der Waals surface area contributed by atoms with E-state index in [1.165, 1.54) is 5.56 Å². The summed E-state index contributed by atoms with van der Waals surface area (Å²) in [6.45, 7) is 10.5. The van der Waals surface area contributed by atoms with Gasteiger partial charge in [-0.05, 0) is 31.4 Å². The Morgan fingerprint density at radius 2 is 2.00 bits per heavy atom. The fourth-order valence-corrected chi connectivity index (χ4v) is 2.61. The second kappa shape index (κ2) is 6.56. The summed E-state index contributed by atoms with van der Waals surface area (Å²) in [5.74, 6) is 0.265. The first-order valence-electron chi connectivity index (χ1n) is 7.80. The van der Waals surface area contributed by atoms with Crippen molar-refractivity contribution in [2.75, 3.05) is 13.1 Å². The Kier molecular flexibility index (Phi) is 4.99. The molecule has 116 valence electrons. The van der Waals surface area contributed by atoms with Crippen molar-refractivity contribution in [2.45, 2.75) is 53.1 Å². The highest BCUT2D eigenvalue weighted by molar-refractivity contribution is 5.81. The van der Waals surface area contributed by atoms with Crippen LogP contribution in [0.5, 0.6) is 0 Å². The molecular formula is C17H27N3O. The van der Waals surface area contributed by atoms with Gasteiger partial charge in [0.15, 0.2) is 0 Å². The van der Waals surface area contributed by atoms with E-state index in [4.69, 9.17) is 0 Å². The minimum Gasteiger partial charge on any atom is -0.342 e. The van der Waals surface area contributed by atoms with E-state index in [1.54, 1.807) is 0 Å². The van der Waals surface area contributed by atoms with E-state index in [9.17, 15) is 4.79 Å². The van der Waals surface area contributed by atoms with Gasteiger partial charge >= 0.3 is 0 Å². The Morgan fingerprint density at radius 3 is 2.52 bits per heavy atom. The molecule has 1 N–H and O–H groups in total. The number of nitrogens with one attached hydrogen (secondary N) is 1. The van der Waals surface area contributed by atoms with Crippen molar-refractivity contribution in [2.24, 2.45) is 5.41 Å². The van der Waals surface area contributed by atoms with Crippen molar-refractivity contribution in [3.63, 3.8) is 0 Å². The average Bonchev–Trinajstić information content (AvgIpc) is 2.45. The summed E-state index contributed by atoms with van der Waals surface area (Å²) in [7, 11) is 0. The van der Waals surface area contributed by atoms with E-state index in [2.05, 4.69) is 22.4 Å². The van der Waals surface area contributed by atoms with Crippen molar-refractivity contribution in [1.82, 2.24) is 15.2 Å². The summed E-state index contributed by atoms with van der Waals surface area (Å²) in [6, 6.07) is 4.65. The largest absolute Gasteiger partial charge is 0.342 e. The highest BCUT2D eigenvalue weighted by atomic mass is 16.2. The Hall–Kier alpha value is -1.42. The van der Waals surface area contributed by atoms with Gasteiger partial charge in [-0.3, -0.25) is 9.78 Å². The third-order valence-corrected chi connectivity index (χ3v) is 3.97. The minimum absolute atomic E-state index is 0.265. The number of carbonyl (C=O) groups excluding carboxylic acids is 1. The monoisotopic (exact) mass is 289 g/mol. The van der Waals surface area contributed by atoms with Crippen LogP contribution in [0, 0.1) is 12.3 Å². The van der Waals surface area contributed by atoms with Gasteiger partial charge in [-0.1, -0.05) is 26.8 Å². The van der Waals surface area contributed by atoms with Crippen LogP contribution in [0.25, 0.3) is 0 Å². The number of hydrogen-bond acceptors (Lipinski definition) is 3. The Bertz CT molecular complexity index is 468. The highest BCUT2D eigenvalue weighted by Crippen LogP contribution is 2.21. The van der Waals surface area contributed by atoms with Crippen LogP contribution in [0.2, 0.25) is 0 Å². The Balaban J connectivity index is 1.77. The number of amides is 1. The van der Waals surface area contributed by atoms with Crippen LogP contribution in [0.4, 0.5) is 0 Å². The molecule has 0 aromatic carbocycles. The molecule has 1 fully saturated rings. The number of nitrogens with zero attached hydrogens (tertiary/aromatic N) is 2. The number of likely N-dealkylation sites (tertiary alicyclic amines) is 1. The van der Waals surface area contributed by atoms with Crippen molar-refractivity contribution >= 4 is 5.91 Å². The zero-order valence-electron chi connectivity index (χ0n) is 13.6. The number of hydrogen-bond donors (Lipinski definition) is 1. The molecule has 0 radical (unpaired) electrons. The Labute approximate surface area is 127 Å². The Morgan fingerprint density at radius 1 is 1.33 bits per heavy atom. The number of pyridine rings is 1. The first-order valence-corrected chi connectivity index (χ1v) is 7.80. The molecular weight excluding hydrogens is 262 g/mol. The van der Waals surface area contributed by atoms with E-state index in [1.807, 2.05) is 38.8 Å². The first kappa shape index (κ1) is 16.0. The minimum atomic E-state index is -0.272. The van der Waals surface area contributed by atoms with Crippen LogP contribution in [0.1, 0.15) is 44.9 Å². The van der Waals surface area contributed by atoms with Gasteiger partial charge < -0.3 is 10.2 Å². The predicted octanol–water partition coefficient (Wildman–Crippen LogP) is 2.52. The summed E-state index contributed by atoms with van der Waals surface area (Å²) in [5.41, 5.74) is 1.99. The number of aryl methyl sites for hydroxylation is 1. The zero-order valence-corrected chi connectivity index (χ0v) is 13.6. The molecule has 0 saturated carbocycles. The van der Waals surface area contributed by atoms with Crippen LogP contribution in [-0.2, 0) is 11.3 Å². The number of rotatable bonds is 3. The number of carbonyl (C=O) groups is 1. The van der Waals surface area contributed by atoms with Gasteiger partial charge in [-0.2, -0.15) is 0 Å². The van der Waals surface area contributed by atoms with Gasteiger partial charge in [0.2, 0.25) is 5.91 Å². The predicted molar refractivity (Wildman–Crippen MR) is 84.9 cm³/mol. The van der Waals surface area contributed by atoms with Crippen molar-refractivity contribution in [1.29, 1.82) is 0 Å². The van der Waals surface area contributed by atoms with Crippen LogP contribution < -0.4 is 5.32 Å². The summed E-state index contributed by atoms with van der Waals surface area (Å²) >= 11 is 0. The summed E-state index contributed by atoms with van der Waals surface area (Å²) in [6.07, 6.45) is 3.95. The standard InChI is InChI=1S/C17H27N3O/c1-13-5-6-15(18-11-13)12-19-14-7-9-20(10-8-14)16(21)17(2,3)4/h5-6,11,14,19H,7-10,12H2,1-4H3. The zero-order chi connectivity index (χ0) is 15.5. The van der Waals surface area contributed by atoms with Crippen molar-refractivity contribution < 1.29 is 4.79 Å². The molecule has 21 heavy (non-hydrogen) atoms. The van der Waals surface area contributed by atoms with Gasteiger partial charge in [0.1, 0.15) is 0 Å². The molecule has 1 aliphatic rings. The molecule has 1 aliphatic heterocycles. The van der Waals surface area contributed by atoms with Gasteiger partial charge in [-0.25, -0.2) is 0 Å². The van der Waals surface area contributed by atoms with Crippen LogP contribution in [-0.4, -0.2) is 34.9 Å². The molecule has 0 aliphatic carbocycles. The lowest BCUT2D eigenvalue weighted by atomic mass is 9.93. The molecule has 2 heterocycles. The molecule has 0 bridgehead atoms. The molecule has 0 unspecified atom stereocenters. The van der Waals surface area contributed by atoms with E-state index in [0.29, 0.717) is 6.04 Å². The highest BCUT2D eigenvalue weighted by Gasteiger charge is 2.30. The van der Waals surface area contributed by atoms with Crippen LogP contribution in [0.3, 0.4) is 0 Å². The lowest BCUT2D eigenvalue weighted by Crippen LogP contribution is -2.48. The molecule has 2 rings (SSSR count). The molecule has 1 saturated heterocycles. The number of aromatic nitrogens is 1. The quantitative estimate of drug-likeness (QED) is 0.930. The van der Waals surface area contributed by atoms with Gasteiger partial charge in [-0.15, -0.1) is 0 Å². The lowest BCUT2D eigenvalue weighted by molar-refractivity contribution is -0.140. The first-order chi connectivity index (χ1) is 9.86. The van der Waals surface area contributed by atoms with E-state index >= 15 is 0 Å². The summed E-state index contributed by atoms with van der Waals surface area (Å²) < 4.78 is 0. The smallest absolute Gasteiger partial charge is 0.227 e. The summed E-state index contributed by atoms with van der Waals surface area (Å²) in [5, 5.41) is 3.56. The van der Waals surface area contributed by atoms with Crippen molar-refractivity contribution in [3.8, 4) is 0 Å². The maximum atomic E-state index is 12.2. The molecule has 0 spiro atoms. The SMILES string of the molecule is Cc1ccc(CNC2CCN(C(=O)C(C)(C)C)CC2)nc1. The maximum absolute atomic E-state index is 12.2. The molecule has 1 amide bonds. The topological polar surface area (TPSA) is 45.2 Å². The third-order valence-electron chi connectivity index (χ3n) is 3.97. The molecule has 4 nitrogen and oxygen atoms in total. The lowest BCUT2D eigenvalue weighted by Gasteiger charge is -2.36. The fraction of sp³-hybridized carbons (Fsp3) is 0.647. The van der Waals surface area contributed by atoms with E-state index in [0.717, 1.165) is 38.2 Å². The molecule has 1 aromatic rings. The van der Waals surface area contributed by atoms with Crippen LogP contribution in [0.15, 0.2) is 18.3 Å². The van der Waals surface area contributed by atoms with Crippen molar-refractivity contribution in [3.05, 3.63) is 29.6 Å². The maximum Gasteiger partial charge on any atom is 0.227 e. The van der Waals surface area contributed by atoms with E-state index < -0.39 is 0 Å². The number of piperidine rings is 1. The van der Waals surface area contributed by atoms with Crippen LogP contribution >= 0.6 is 0 Å². The van der Waals surface area contributed by atoms with E-state index in [-0.39, 0.29) is 11.3 Å². The molecule has 1 aromatic heterocycles. The van der Waals surface area contributed by atoms with Gasteiger partial charge in [0.05, 0.1) is 5.69 Å². The normalized spacial score (nSPS) is 17.0. The second-order valence-corrected chi connectivity index (χ2v) is 7.02. The summed E-state index contributed by atoms with van der Waals surface area (Å²) in [4.78, 5) is 18.6. The second-order valence-electron chi connectivity index (χ2n) is 7.02. The third kappa shape index (κ3) is 4.53. The fourth-order valence-electron chi connectivity index (χ4n) is 2.61. The average molecular weight is 289 g/mol.